The normalized spacial score (nSPS) is 24.2. The average Bonchev–Trinajstić information content (AvgIpc) is 3.24. The van der Waals surface area contributed by atoms with E-state index in [4.69, 9.17) is 17.3 Å². The highest BCUT2D eigenvalue weighted by atomic mass is 79.9. The lowest BCUT2D eigenvalue weighted by Gasteiger charge is -2.05. The van der Waals surface area contributed by atoms with Crippen LogP contribution in [0.25, 0.3) is 0 Å². The van der Waals surface area contributed by atoms with Crippen LogP contribution in [0.1, 0.15) is 11.5 Å². The molecular weight excluding hydrogens is 386 g/mol. The van der Waals surface area contributed by atoms with Gasteiger partial charge in [0.15, 0.2) is 9.84 Å². The Labute approximate surface area is 143 Å². The molecule has 6 heteroatoms. The summed E-state index contributed by atoms with van der Waals surface area (Å²) in [5.74, 6) is -0.0827. The second kappa shape index (κ2) is 5.96. The third kappa shape index (κ3) is 2.83. The van der Waals surface area contributed by atoms with Crippen molar-refractivity contribution >= 4 is 37.4 Å². The molecule has 3 rings (SSSR count). The maximum atomic E-state index is 12.8. The molecule has 1 aliphatic rings. The maximum absolute atomic E-state index is 12.8. The van der Waals surface area contributed by atoms with Crippen molar-refractivity contribution in [2.24, 2.45) is 11.7 Å². The van der Waals surface area contributed by atoms with E-state index in [1.54, 1.807) is 24.3 Å². The summed E-state index contributed by atoms with van der Waals surface area (Å²) >= 11 is 9.22. The van der Waals surface area contributed by atoms with Crippen LogP contribution < -0.4 is 5.73 Å². The Balaban J connectivity index is 1.93. The van der Waals surface area contributed by atoms with Crippen molar-refractivity contribution in [3.8, 4) is 0 Å². The molecule has 22 heavy (non-hydrogen) atoms. The summed E-state index contributed by atoms with van der Waals surface area (Å²) in [4.78, 5) is 0.306. The number of halogens is 2. The fraction of sp³-hybridized carbons (Fsp3) is 0.250. The summed E-state index contributed by atoms with van der Waals surface area (Å²) in [7, 11) is -3.40. The molecule has 3 nitrogen and oxygen atoms in total. The fourth-order valence-corrected chi connectivity index (χ4v) is 5.56. The molecule has 2 N–H and O–H groups in total. The van der Waals surface area contributed by atoms with Crippen LogP contribution in [0.5, 0.6) is 0 Å². The molecule has 2 aromatic carbocycles. The van der Waals surface area contributed by atoms with E-state index in [0.717, 1.165) is 10.0 Å². The zero-order chi connectivity index (χ0) is 15.9. The predicted octanol–water partition coefficient (Wildman–Crippen LogP) is 3.62. The first kappa shape index (κ1) is 16.0. The van der Waals surface area contributed by atoms with Gasteiger partial charge in [0, 0.05) is 15.4 Å². The molecule has 0 unspecified atom stereocenters. The Morgan fingerprint density at radius 2 is 1.64 bits per heavy atom. The first-order chi connectivity index (χ1) is 10.4. The van der Waals surface area contributed by atoms with Crippen molar-refractivity contribution < 1.29 is 8.42 Å². The van der Waals surface area contributed by atoms with Crippen LogP contribution in [0.2, 0.25) is 5.02 Å². The minimum Gasteiger partial charge on any atom is -0.330 e. The molecule has 0 spiro atoms. The van der Waals surface area contributed by atoms with Gasteiger partial charge < -0.3 is 5.73 Å². The Bertz CT molecular complexity index is 775. The molecule has 0 heterocycles. The van der Waals surface area contributed by atoms with Crippen LogP contribution in [0.15, 0.2) is 57.9 Å². The van der Waals surface area contributed by atoms with Crippen molar-refractivity contribution in [2.45, 2.75) is 16.1 Å². The van der Waals surface area contributed by atoms with E-state index in [1.807, 2.05) is 24.3 Å². The standard InChI is InChI=1S/C16H15BrClNO2S/c17-11-3-1-10(2-4-11)15-14(9-19)16(15)22(20,21)13-7-5-12(18)6-8-13/h1-8,14-16H,9,19H2/t14-,15-,16-/m1/s1. The van der Waals surface area contributed by atoms with E-state index in [1.165, 1.54) is 0 Å². The maximum Gasteiger partial charge on any atom is 0.182 e. The van der Waals surface area contributed by atoms with Crippen LogP contribution in [0.4, 0.5) is 0 Å². The molecule has 1 fully saturated rings. The fourth-order valence-electron chi connectivity index (χ4n) is 2.95. The van der Waals surface area contributed by atoms with E-state index in [9.17, 15) is 8.42 Å². The van der Waals surface area contributed by atoms with Gasteiger partial charge in [-0.2, -0.15) is 0 Å². The summed E-state index contributed by atoms with van der Waals surface area (Å²) in [6.45, 7) is 0.359. The monoisotopic (exact) mass is 399 g/mol. The first-order valence-electron chi connectivity index (χ1n) is 6.90. The highest BCUT2D eigenvalue weighted by Gasteiger charge is 2.57. The van der Waals surface area contributed by atoms with Gasteiger partial charge in [0.25, 0.3) is 0 Å². The largest absolute Gasteiger partial charge is 0.330 e. The lowest BCUT2D eigenvalue weighted by atomic mass is 10.1. The predicted molar refractivity (Wildman–Crippen MR) is 91.9 cm³/mol. The van der Waals surface area contributed by atoms with Crippen LogP contribution in [0, 0.1) is 5.92 Å². The van der Waals surface area contributed by atoms with Gasteiger partial charge in [-0.3, -0.25) is 0 Å². The van der Waals surface area contributed by atoms with Gasteiger partial charge in [-0.15, -0.1) is 0 Å². The first-order valence-corrected chi connectivity index (χ1v) is 9.62. The third-order valence-electron chi connectivity index (χ3n) is 4.12. The molecule has 116 valence electrons. The highest BCUT2D eigenvalue weighted by Crippen LogP contribution is 2.53. The zero-order valence-electron chi connectivity index (χ0n) is 11.6. The van der Waals surface area contributed by atoms with Crippen molar-refractivity contribution in [3.05, 3.63) is 63.6 Å². The molecule has 0 amide bonds. The van der Waals surface area contributed by atoms with E-state index in [0.29, 0.717) is 16.5 Å². The van der Waals surface area contributed by atoms with E-state index >= 15 is 0 Å². The second-order valence-electron chi connectivity index (χ2n) is 5.44. The summed E-state index contributed by atoms with van der Waals surface area (Å²) in [6, 6.07) is 14.1. The zero-order valence-corrected chi connectivity index (χ0v) is 14.8. The molecule has 3 atom stereocenters. The van der Waals surface area contributed by atoms with E-state index in [-0.39, 0.29) is 11.8 Å². The summed E-state index contributed by atoms with van der Waals surface area (Å²) in [6.07, 6.45) is 0. The van der Waals surface area contributed by atoms with Gasteiger partial charge >= 0.3 is 0 Å². The molecule has 0 aliphatic heterocycles. The number of sulfone groups is 1. The number of rotatable bonds is 4. The van der Waals surface area contributed by atoms with Gasteiger partial charge in [0.2, 0.25) is 0 Å². The summed E-state index contributed by atoms with van der Waals surface area (Å²) in [5.41, 5.74) is 6.80. The Morgan fingerprint density at radius 3 is 2.18 bits per heavy atom. The van der Waals surface area contributed by atoms with E-state index in [2.05, 4.69) is 15.9 Å². The number of benzene rings is 2. The minimum atomic E-state index is -3.40. The molecule has 1 aliphatic carbocycles. The smallest absolute Gasteiger partial charge is 0.182 e. The van der Waals surface area contributed by atoms with Gasteiger partial charge in [-0.05, 0) is 54.4 Å². The molecule has 0 bridgehead atoms. The molecule has 2 aromatic rings. The van der Waals surface area contributed by atoms with Crippen LogP contribution in [0.3, 0.4) is 0 Å². The van der Waals surface area contributed by atoms with Crippen LogP contribution in [-0.2, 0) is 9.84 Å². The lowest BCUT2D eigenvalue weighted by molar-refractivity contribution is 0.591. The average molecular weight is 401 g/mol. The van der Waals surface area contributed by atoms with Gasteiger partial charge in [0.1, 0.15) is 0 Å². The van der Waals surface area contributed by atoms with E-state index < -0.39 is 15.1 Å². The minimum absolute atomic E-state index is 0.0400. The van der Waals surface area contributed by atoms with Crippen molar-refractivity contribution in [3.63, 3.8) is 0 Å². The van der Waals surface area contributed by atoms with Crippen LogP contribution >= 0.6 is 27.5 Å². The third-order valence-corrected chi connectivity index (χ3v) is 7.19. The van der Waals surface area contributed by atoms with Crippen LogP contribution in [-0.4, -0.2) is 20.2 Å². The number of hydrogen-bond acceptors (Lipinski definition) is 3. The second-order valence-corrected chi connectivity index (χ2v) is 8.90. The molecule has 1 saturated carbocycles. The van der Waals surface area contributed by atoms with Gasteiger partial charge in [0.05, 0.1) is 10.1 Å². The lowest BCUT2D eigenvalue weighted by Crippen LogP contribution is -2.13. The summed E-state index contributed by atoms with van der Waals surface area (Å²) < 4.78 is 26.6. The summed E-state index contributed by atoms with van der Waals surface area (Å²) in [5, 5.41) is 0.0643. The van der Waals surface area contributed by atoms with Gasteiger partial charge in [-0.1, -0.05) is 39.7 Å². The molecule has 0 saturated heterocycles. The van der Waals surface area contributed by atoms with Crippen molar-refractivity contribution in [2.75, 3.05) is 6.54 Å². The SMILES string of the molecule is NC[C@@H]1[C@@H](c2ccc(Br)cc2)[C@@H]1S(=O)(=O)c1ccc(Cl)cc1. The number of nitrogens with two attached hydrogens (primary N) is 1. The highest BCUT2D eigenvalue weighted by molar-refractivity contribution is 9.10. The molecular formula is C16H15BrClNO2S. The Hall–Kier alpha value is -0.880. The number of hydrogen-bond donors (Lipinski definition) is 1. The Morgan fingerprint density at radius 1 is 1.05 bits per heavy atom. The molecule has 0 radical (unpaired) electrons. The Kier molecular flexibility index (Phi) is 4.34. The van der Waals surface area contributed by atoms with Crippen molar-refractivity contribution in [1.29, 1.82) is 0 Å². The topological polar surface area (TPSA) is 60.2 Å². The quantitative estimate of drug-likeness (QED) is 0.852. The van der Waals surface area contributed by atoms with Crippen molar-refractivity contribution in [1.82, 2.24) is 0 Å². The molecule has 0 aromatic heterocycles. The van der Waals surface area contributed by atoms with Gasteiger partial charge in [-0.25, -0.2) is 8.42 Å².